The van der Waals surface area contributed by atoms with Crippen LogP contribution in [0.15, 0.2) is 24.3 Å². The third kappa shape index (κ3) is 2.68. The van der Waals surface area contributed by atoms with Gasteiger partial charge in [0.15, 0.2) is 0 Å². The monoisotopic (exact) mass is 276 g/mol. The van der Waals surface area contributed by atoms with Gasteiger partial charge in [-0.1, -0.05) is 23.7 Å². The minimum Gasteiger partial charge on any atom is -0.395 e. The second-order valence-electron chi connectivity index (χ2n) is 3.60. The van der Waals surface area contributed by atoms with E-state index in [9.17, 15) is 10.2 Å². The fraction of sp³-hybridized carbons (Fsp3) is 0.455. The van der Waals surface area contributed by atoms with Crippen LogP contribution >= 0.6 is 35.1 Å². The normalized spacial score (nSPS) is 29.6. The highest BCUT2D eigenvalue weighted by Crippen LogP contribution is 2.53. The summed E-state index contributed by atoms with van der Waals surface area (Å²) in [6, 6.07) is 7.75. The number of halogens is 1. The molecule has 0 aromatic heterocycles. The molecule has 1 fully saturated rings. The summed E-state index contributed by atoms with van der Waals surface area (Å²) in [6.45, 7) is 0.236. The number of benzene rings is 1. The van der Waals surface area contributed by atoms with E-state index >= 15 is 0 Å². The predicted molar refractivity (Wildman–Crippen MR) is 71.1 cm³/mol. The lowest BCUT2D eigenvalue weighted by molar-refractivity contribution is 0.254. The van der Waals surface area contributed by atoms with Crippen molar-refractivity contribution in [1.29, 1.82) is 0 Å². The van der Waals surface area contributed by atoms with E-state index in [0.717, 1.165) is 5.02 Å². The average Bonchev–Trinajstić information content (AvgIpc) is 2.73. The molecule has 1 aromatic carbocycles. The van der Waals surface area contributed by atoms with Crippen molar-refractivity contribution in [2.45, 2.75) is 15.1 Å². The first-order valence-corrected chi connectivity index (χ1v) is 7.29. The molecule has 0 radical (unpaired) electrons. The fourth-order valence-corrected chi connectivity index (χ4v) is 5.21. The Hall–Kier alpha value is 0.130. The quantitative estimate of drug-likeness (QED) is 0.890. The molecule has 2 rings (SSSR count). The standard InChI is InChI=1S/C11H13ClO2S2/c12-8-3-1-7(2-4-8)11-15-9(5-13)10(6-14)16-11/h1-4,9-11,13-14H,5-6H2. The van der Waals surface area contributed by atoms with Gasteiger partial charge in [-0.15, -0.1) is 23.5 Å². The van der Waals surface area contributed by atoms with Crippen LogP contribution in [0.1, 0.15) is 10.1 Å². The van der Waals surface area contributed by atoms with Crippen LogP contribution < -0.4 is 0 Å². The van der Waals surface area contributed by atoms with E-state index in [1.165, 1.54) is 5.56 Å². The van der Waals surface area contributed by atoms with Crippen LogP contribution in [0.4, 0.5) is 0 Å². The molecule has 0 spiro atoms. The van der Waals surface area contributed by atoms with Gasteiger partial charge in [0.2, 0.25) is 0 Å². The highest BCUT2D eigenvalue weighted by atomic mass is 35.5. The van der Waals surface area contributed by atoms with Gasteiger partial charge in [0.1, 0.15) is 0 Å². The van der Waals surface area contributed by atoms with E-state index in [0.29, 0.717) is 0 Å². The molecule has 0 amide bonds. The summed E-state index contributed by atoms with van der Waals surface area (Å²) in [6.07, 6.45) is 0. The maximum absolute atomic E-state index is 9.21. The van der Waals surface area contributed by atoms with Gasteiger partial charge in [-0.2, -0.15) is 0 Å². The van der Waals surface area contributed by atoms with Crippen molar-refractivity contribution >= 4 is 35.1 Å². The van der Waals surface area contributed by atoms with Crippen LogP contribution in [0, 0.1) is 0 Å². The number of aliphatic hydroxyl groups excluding tert-OH is 2. The summed E-state index contributed by atoms with van der Waals surface area (Å²) in [4.78, 5) is 0. The summed E-state index contributed by atoms with van der Waals surface area (Å²) in [5, 5.41) is 19.4. The highest BCUT2D eigenvalue weighted by Gasteiger charge is 2.35. The van der Waals surface area contributed by atoms with Crippen LogP contribution in [0.3, 0.4) is 0 Å². The molecule has 0 saturated carbocycles. The Balaban J connectivity index is 2.09. The summed E-state index contributed by atoms with van der Waals surface area (Å²) < 4.78 is 0.284. The topological polar surface area (TPSA) is 40.5 Å². The molecular weight excluding hydrogens is 264 g/mol. The average molecular weight is 277 g/mol. The van der Waals surface area contributed by atoms with E-state index in [1.807, 2.05) is 24.3 Å². The molecule has 2 N–H and O–H groups in total. The van der Waals surface area contributed by atoms with E-state index in [2.05, 4.69) is 0 Å². The zero-order chi connectivity index (χ0) is 11.5. The van der Waals surface area contributed by atoms with E-state index in [1.54, 1.807) is 23.5 Å². The number of hydrogen-bond donors (Lipinski definition) is 2. The lowest BCUT2D eigenvalue weighted by Gasteiger charge is -2.10. The fourth-order valence-electron chi connectivity index (χ4n) is 1.62. The van der Waals surface area contributed by atoms with Gasteiger partial charge in [-0.3, -0.25) is 0 Å². The van der Waals surface area contributed by atoms with Crippen LogP contribution in [0.5, 0.6) is 0 Å². The Morgan fingerprint density at radius 3 is 1.94 bits per heavy atom. The maximum atomic E-state index is 9.21. The number of hydrogen-bond acceptors (Lipinski definition) is 4. The third-order valence-electron chi connectivity index (χ3n) is 2.51. The molecule has 5 heteroatoms. The SMILES string of the molecule is OCC1SC(c2ccc(Cl)cc2)SC1CO. The Morgan fingerprint density at radius 1 is 1.00 bits per heavy atom. The molecule has 1 aliphatic rings. The van der Waals surface area contributed by atoms with Crippen molar-refractivity contribution in [3.63, 3.8) is 0 Å². The molecule has 2 unspecified atom stereocenters. The van der Waals surface area contributed by atoms with Crippen molar-refractivity contribution in [2.75, 3.05) is 13.2 Å². The Morgan fingerprint density at radius 2 is 1.50 bits per heavy atom. The molecule has 16 heavy (non-hydrogen) atoms. The first-order chi connectivity index (χ1) is 7.74. The molecule has 2 nitrogen and oxygen atoms in total. The van der Waals surface area contributed by atoms with E-state index < -0.39 is 0 Å². The second-order valence-corrected chi connectivity index (χ2v) is 7.03. The van der Waals surface area contributed by atoms with Crippen molar-refractivity contribution in [3.05, 3.63) is 34.9 Å². The van der Waals surface area contributed by atoms with E-state index in [-0.39, 0.29) is 28.3 Å². The van der Waals surface area contributed by atoms with Gasteiger partial charge in [-0.25, -0.2) is 0 Å². The largest absolute Gasteiger partial charge is 0.395 e. The van der Waals surface area contributed by atoms with Crippen LogP contribution in [-0.4, -0.2) is 33.9 Å². The number of thioether (sulfide) groups is 2. The predicted octanol–water partition coefficient (Wildman–Crippen LogP) is 2.54. The Bertz CT molecular complexity index is 332. The molecule has 0 aliphatic carbocycles. The van der Waals surface area contributed by atoms with Crippen LogP contribution in [-0.2, 0) is 0 Å². The number of rotatable bonds is 3. The molecule has 1 aromatic rings. The summed E-state index contributed by atoms with van der Waals surface area (Å²) in [5.74, 6) is 0. The molecule has 1 aliphatic heterocycles. The maximum Gasteiger partial charge on any atom is 0.0759 e. The van der Waals surface area contributed by atoms with Gasteiger partial charge in [0, 0.05) is 15.5 Å². The lowest BCUT2D eigenvalue weighted by Crippen LogP contribution is -2.22. The van der Waals surface area contributed by atoms with Gasteiger partial charge in [0.25, 0.3) is 0 Å². The zero-order valence-corrected chi connectivity index (χ0v) is 10.9. The Labute approximate surface area is 108 Å². The molecule has 1 heterocycles. The molecule has 0 bridgehead atoms. The van der Waals surface area contributed by atoms with Crippen LogP contribution in [0.2, 0.25) is 5.02 Å². The van der Waals surface area contributed by atoms with Crippen molar-refractivity contribution in [2.24, 2.45) is 0 Å². The smallest absolute Gasteiger partial charge is 0.0759 e. The van der Waals surface area contributed by atoms with Gasteiger partial charge in [-0.05, 0) is 17.7 Å². The van der Waals surface area contributed by atoms with Crippen molar-refractivity contribution in [1.82, 2.24) is 0 Å². The number of aliphatic hydroxyl groups is 2. The molecule has 1 saturated heterocycles. The minimum absolute atomic E-state index is 0.118. The Kier molecular flexibility index (Phi) is 4.44. The van der Waals surface area contributed by atoms with Gasteiger partial charge in [0.05, 0.1) is 17.8 Å². The van der Waals surface area contributed by atoms with Gasteiger partial charge < -0.3 is 10.2 Å². The van der Waals surface area contributed by atoms with Crippen molar-refractivity contribution < 1.29 is 10.2 Å². The minimum atomic E-state index is 0.118. The van der Waals surface area contributed by atoms with Gasteiger partial charge >= 0.3 is 0 Å². The molecular formula is C11H13ClO2S2. The summed E-state index contributed by atoms with van der Waals surface area (Å²) in [7, 11) is 0. The summed E-state index contributed by atoms with van der Waals surface area (Å²) >= 11 is 9.26. The molecule has 88 valence electrons. The second kappa shape index (κ2) is 5.65. The van der Waals surface area contributed by atoms with E-state index in [4.69, 9.17) is 11.6 Å². The third-order valence-corrected chi connectivity index (χ3v) is 6.30. The first-order valence-electron chi connectivity index (χ1n) is 5.02. The first kappa shape index (κ1) is 12.6. The van der Waals surface area contributed by atoms with Crippen LogP contribution in [0.25, 0.3) is 0 Å². The van der Waals surface area contributed by atoms with Crippen molar-refractivity contribution in [3.8, 4) is 0 Å². The highest BCUT2D eigenvalue weighted by molar-refractivity contribution is 8.20. The molecule has 2 atom stereocenters. The lowest BCUT2D eigenvalue weighted by atomic mass is 10.2. The summed E-state index contributed by atoms with van der Waals surface area (Å²) in [5.41, 5.74) is 1.19. The zero-order valence-electron chi connectivity index (χ0n) is 8.54.